The molecule has 6 heteroatoms. The number of alkyl halides is 3. The highest BCUT2D eigenvalue weighted by Crippen LogP contribution is 2.32. The number of hydrogen-bond acceptors (Lipinski definition) is 2. The zero-order chi connectivity index (χ0) is 18.3. The van der Waals surface area contributed by atoms with E-state index in [1.54, 1.807) is 0 Å². The van der Waals surface area contributed by atoms with Gasteiger partial charge in [-0.1, -0.05) is 24.3 Å². The monoisotopic (exact) mass is 372 g/mol. The van der Waals surface area contributed by atoms with Crippen molar-refractivity contribution in [2.45, 2.75) is 19.5 Å². The van der Waals surface area contributed by atoms with Gasteiger partial charge in [-0.05, 0) is 36.2 Å². The molecule has 0 radical (unpaired) electrons. The molecular formula is C20H15F3N2S. The van der Waals surface area contributed by atoms with E-state index in [0.29, 0.717) is 12.0 Å². The van der Waals surface area contributed by atoms with Crippen LogP contribution in [0.1, 0.15) is 22.4 Å². The second-order valence-corrected chi connectivity index (χ2v) is 7.11. The fourth-order valence-corrected chi connectivity index (χ4v) is 3.79. The number of aromatic nitrogens is 2. The normalized spacial score (nSPS) is 12.0. The molecule has 2 aromatic carbocycles. The van der Waals surface area contributed by atoms with Gasteiger partial charge in [0.05, 0.1) is 11.3 Å². The van der Waals surface area contributed by atoms with Crippen molar-refractivity contribution >= 4 is 22.2 Å². The largest absolute Gasteiger partial charge is 0.416 e. The Bertz CT molecular complexity index is 1060. The van der Waals surface area contributed by atoms with Crippen molar-refractivity contribution in [2.75, 3.05) is 0 Å². The fourth-order valence-electron chi connectivity index (χ4n) is 2.96. The molecule has 0 atom stereocenters. The average Bonchev–Trinajstić information content (AvgIpc) is 3.21. The Labute approximate surface area is 152 Å². The van der Waals surface area contributed by atoms with Gasteiger partial charge >= 0.3 is 6.18 Å². The second-order valence-electron chi connectivity index (χ2n) is 6.25. The minimum Gasteiger partial charge on any atom is -0.361 e. The lowest BCUT2D eigenvalue weighted by molar-refractivity contribution is -0.137. The van der Waals surface area contributed by atoms with Crippen LogP contribution in [0, 0.1) is 6.92 Å². The van der Waals surface area contributed by atoms with E-state index in [0.717, 1.165) is 33.9 Å². The van der Waals surface area contributed by atoms with Crippen molar-refractivity contribution in [3.05, 3.63) is 76.4 Å². The number of fused-ring (bicyclic) bond motifs is 1. The molecule has 0 unspecified atom stereocenters. The van der Waals surface area contributed by atoms with Crippen LogP contribution in [0.15, 0.2) is 54.0 Å². The maximum absolute atomic E-state index is 12.7. The predicted molar refractivity (Wildman–Crippen MR) is 98.4 cm³/mol. The van der Waals surface area contributed by atoms with Crippen LogP contribution in [0.3, 0.4) is 0 Å². The molecule has 0 spiro atoms. The average molecular weight is 372 g/mol. The van der Waals surface area contributed by atoms with Gasteiger partial charge in [0.25, 0.3) is 0 Å². The van der Waals surface area contributed by atoms with Gasteiger partial charge in [-0.15, -0.1) is 11.3 Å². The highest BCUT2D eigenvalue weighted by Gasteiger charge is 2.30. The summed E-state index contributed by atoms with van der Waals surface area (Å²) in [5, 5.41) is 3.89. The van der Waals surface area contributed by atoms with E-state index in [1.807, 2.05) is 11.6 Å². The highest BCUT2D eigenvalue weighted by atomic mass is 32.1. The van der Waals surface area contributed by atoms with Crippen LogP contribution >= 0.6 is 11.3 Å². The molecule has 132 valence electrons. The minimum absolute atomic E-state index is 0.646. The van der Waals surface area contributed by atoms with Gasteiger partial charge in [0.2, 0.25) is 0 Å². The number of nitrogens with zero attached hydrogens (tertiary/aromatic N) is 1. The molecule has 0 saturated heterocycles. The molecule has 2 aromatic heterocycles. The van der Waals surface area contributed by atoms with E-state index in [9.17, 15) is 13.2 Å². The molecule has 0 saturated carbocycles. The molecule has 2 heterocycles. The van der Waals surface area contributed by atoms with Crippen molar-refractivity contribution in [1.82, 2.24) is 9.97 Å². The summed E-state index contributed by atoms with van der Waals surface area (Å²) in [5.41, 5.74) is 4.41. The van der Waals surface area contributed by atoms with Gasteiger partial charge in [-0.25, -0.2) is 4.98 Å². The number of aryl methyl sites for hydroxylation is 1. The smallest absolute Gasteiger partial charge is 0.361 e. The number of benzene rings is 2. The summed E-state index contributed by atoms with van der Waals surface area (Å²) < 4.78 is 38.0. The molecule has 0 bridgehead atoms. The molecule has 0 aliphatic heterocycles. The maximum atomic E-state index is 12.7. The summed E-state index contributed by atoms with van der Waals surface area (Å²) in [6.45, 7) is 2.06. The van der Waals surface area contributed by atoms with E-state index in [2.05, 4.69) is 35.1 Å². The SMILES string of the molecule is Cc1c[nH]c2cc(Cc3csc(-c4ccc(C(F)(F)F)cc4)n3)ccc12. The lowest BCUT2D eigenvalue weighted by Gasteiger charge is -2.06. The zero-order valence-corrected chi connectivity index (χ0v) is 14.7. The van der Waals surface area contributed by atoms with Crippen molar-refractivity contribution in [3.63, 3.8) is 0 Å². The number of rotatable bonds is 3. The van der Waals surface area contributed by atoms with Gasteiger partial charge in [0.15, 0.2) is 0 Å². The maximum Gasteiger partial charge on any atom is 0.416 e. The van der Waals surface area contributed by atoms with Gasteiger partial charge in [-0.3, -0.25) is 0 Å². The van der Waals surface area contributed by atoms with Crippen LogP contribution in [0.25, 0.3) is 21.5 Å². The third-order valence-electron chi connectivity index (χ3n) is 4.35. The van der Waals surface area contributed by atoms with Gasteiger partial charge < -0.3 is 4.98 Å². The van der Waals surface area contributed by atoms with Gasteiger partial charge in [-0.2, -0.15) is 13.2 Å². The Kier molecular flexibility index (Phi) is 4.07. The molecular weight excluding hydrogens is 357 g/mol. The summed E-state index contributed by atoms with van der Waals surface area (Å²) in [4.78, 5) is 7.83. The minimum atomic E-state index is -4.32. The molecule has 0 amide bonds. The third-order valence-corrected chi connectivity index (χ3v) is 5.29. The van der Waals surface area contributed by atoms with Gasteiger partial charge in [0, 0.05) is 34.5 Å². The zero-order valence-electron chi connectivity index (χ0n) is 13.9. The van der Waals surface area contributed by atoms with Crippen molar-refractivity contribution < 1.29 is 13.2 Å². The molecule has 1 N–H and O–H groups in total. The summed E-state index contributed by atoms with van der Waals surface area (Å²) in [5.74, 6) is 0. The predicted octanol–water partition coefficient (Wildman–Crippen LogP) is 6.21. The molecule has 0 aliphatic rings. The Morgan fingerprint density at radius 3 is 2.58 bits per heavy atom. The second kappa shape index (κ2) is 6.29. The molecule has 26 heavy (non-hydrogen) atoms. The molecule has 0 aliphatic carbocycles. The standard InChI is InChI=1S/C20H15F3N2S/c1-12-10-24-18-9-13(2-7-17(12)18)8-16-11-26-19(25-16)14-3-5-15(6-4-14)20(21,22)23/h2-7,9-11,24H,8H2,1H3. The van der Waals surface area contributed by atoms with Crippen LogP contribution in [-0.4, -0.2) is 9.97 Å². The van der Waals surface area contributed by atoms with Crippen molar-refractivity contribution in [1.29, 1.82) is 0 Å². The Balaban J connectivity index is 1.55. The highest BCUT2D eigenvalue weighted by molar-refractivity contribution is 7.13. The van der Waals surface area contributed by atoms with E-state index in [4.69, 9.17) is 0 Å². The van der Waals surface area contributed by atoms with Crippen LogP contribution in [0.5, 0.6) is 0 Å². The molecule has 4 aromatic rings. The Morgan fingerprint density at radius 1 is 1.08 bits per heavy atom. The Morgan fingerprint density at radius 2 is 1.85 bits per heavy atom. The van der Waals surface area contributed by atoms with Crippen LogP contribution in [-0.2, 0) is 12.6 Å². The lowest BCUT2D eigenvalue weighted by Crippen LogP contribution is -2.03. The summed E-state index contributed by atoms with van der Waals surface area (Å²) >= 11 is 1.44. The summed E-state index contributed by atoms with van der Waals surface area (Å²) in [6, 6.07) is 11.4. The van der Waals surface area contributed by atoms with Crippen LogP contribution in [0.4, 0.5) is 13.2 Å². The van der Waals surface area contributed by atoms with Crippen LogP contribution < -0.4 is 0 Å². The number of hydrogen-bond donors (Lipinski definition) is 1. The number of H-pyrrole nitrogens is 1. The Hall–Kier alpha value is -2.60. The number of halogens is 3. The molecule has 0 fully saturated rings. The topological polar surface area (TPSA) is 28.7 Å². The summed E-state index contributed by atoms with van der Waals surface area (Å²) in [7, 11) is 0. The van der Waals surface area contributed by atoms with E-state index in [1.165, 1.54) is 34.4 Å². The van der Waals surface area contributed by atoms with Gasteiger partial charge in [0.1, 0.15) is 5.01 Å². The first-order valence-electron chi connectivity index (χ1n) is 8.09. The van der Waals surface area contributed by atoms with E-state index < -0.39 is 11.7 Å². The lowest BCUT2D eigenvalue weighted by atomic mass is 10.1. The van der Waals surface area contributed by atoms with E-state index >= 15 is 0 Å². The van der Waals surface area contributed by atoms with Crippen molar-refractivity contribution in [2.24, 2.45) is 0 Å². The number of thiazole rings is 1. The first-order valence-corrected chi connectivity index (χ1v) is 8.97. The quantitative estimate of drug-likeness (QED) is 0.455. The number of nitrogens with one attached hydrogen (secondary N) is 1. The first-order chi connectivity index (χ1) is 12.4. The van der Waals surface area contributed by atoms with E-state index in [-0.39, 0.29) is 0 Å². The number of aromatic amines is 1. The third kappa shape index (κ3) is 3.24. The molecule has 4 rings (SSSR count). The van der Waals surface area contributed by atoms with Crippen molar-refractivity contribution in [3.8, 4) is 10.6 Å². The van der Waals surface area contributed by atoms with Crippen LogP contribution in [0.2, 0.25) is 0 Å². The summed E-state index contributed by atoms with van der Waals surface area (Å²) in [6.07, 6.45) is -1.65. The fraction of sp³-hybridized carbons (Fsp3) is 0.150. The molecule has 2 nitrogen and oxygen atoms in total. The first kappa shape index (κ1) is 16.8.